The van der Waals surface area contributed by atoms with Crippen LogP contribution in [0.1, 0.15) is 52.0 Å². The summed E-state index contributed by atoms with van der Waals surface area (Å²) in [5.74, 6) is -0.0204. The molecule has 0 saturated heterocycles. The molecule has 1 heterocycles. The third kappa shape index (κ3) is 3.91. The molecule has 0 radical (unpaired) electrons. The summed E-state index contributed by atoms with van der Waals surface area (Å²) in [6, 6.07) is 4.55. The van der Waals surface area contributed by atoms with Gasteiger partial charge in [0.15, 0.2) is 0 Å². The second kappa shape index (κ2) is 7.60. The number of hydrogen-bond donors (Lipinski definition) is 1. The molecule has 126 valence electrons. The maximum atomic E-state index is 12.5. The quantitative estimate of drug-likeness (QED) is 0.872. The number of rotatable bonds is 6. The van der Waals surface area contributed by atoms with Crippen LogP contribution in [0.15, 0.2) is 18.5 Å². The number of carbonyl (C=O) groups excluding carboxylic acids is 1. The molecule has 1 fully saturated rings. The summed E-state index contributed by atoms with van der Waals surface area (Å²) in [5.41, 5.74) is -0.617. The lowest BCUT2D eigenvalue weighted by Gasteiger charge is -2.39. The first-order chi connectivity index (χ1) is 11.0. The molecule has 1 aromatic rings. The molecule has 1 amide bonds. The topological polar surface area (TPSA) is 74.0 Å². The summed E-state index contributed by atoms with van der Waals surface area (Å²) in [5, 5.41) is 17.1. The van der Waals surface area contributed by atoms with Crippen LogP contribution < -0.4 is 5.32 Å². The molecule has 0 bridgehead atoms. The average molecular weight is 317 g/mol. The van der Waals surface area contributed by atoms with Gasteiger partial charge in [-0.1, -0.05) is 19.3 Å². The lowest BCUT2D eigenvalue weighted by atomic mass is 9.81. The Morgan fingerprint density at radius 3 is 2.70 bits per heavy atom. The van der Waals surface area contributed by atoms with Gasteiger partial charge < -0.3 is 10.2 Å². The van der Waals surface area contributed by atoms with E-state index in [9.17, 15) is 10.1 Å². The molecular weight excluding hydrogens is 290 g/mol. The van der Waals surface area contributed by atoms with Gasteiger partial charge in [-0.3, -0.25) is 9.48 Å². The molecule has 0 spiro atoms. The highest BCUT2D eigenvalue weighted by Gasteiger charge is 2.38. The van der Waals surface area contributed by atoms with Crippen LogP contribution in [-0.2, 0) is 4.79 Å². The normalized spacial score (nSPS) is 19.6. The minimum absolute atomic E-state index is 0.0204. The van der Waals surface area contributed by atoms with Crippen molar-refractivity contribution in [3.63, 3.8) is 0 Å². The number of likely N-dealkylation sites (N-methyl/N-ethyl adjacent to an activating group) is 1. The third-order valence-electron chi connectivity index (χ3n) is 5.15. The van der Waals surface area contributed by atoms with Gasteiger partial charge in [0.05, 0.1) is 18.7 Å². The molecule has 1 aliphatic carbocycles. The first-order valence-electron chi connectivity index (χ1n) is 8.40. The van der Waals surface area contributed by atoms with Gasteiger partial charge in [-0.05, 0) is 32.8 Å². The van der Waals surface area contributed by atoms with Crippen molar-refractivity contribution >= 4 is 5.91 Å². The van der Waals surface area contributed by atoms with Crippen molar-refractivity contribution in [1.82, 2.24) is 20.0 Å². The number of carbonyl (C=O) groups is 1. The predicted octanol–water partition coefficient (Wildman–Crippen LogP) is 2.11. The van der Waals surface area contributed by atoms with E-state index in [1.165, 1.54) is 0 Å². The van der Waals surface area contributed by atoms with Crippen LogP contribution in [0.2, 0.25) is 0 Å². The number of aromatic nitrogens is 2. The highest BCUT2D eigenvalue weighted by atomic mass is 16.2. The molecular formula is C17H27N5O. The Morgan fingerprint density at radius 2 is 2.13 bits per heavy atom. The Kier molecular flexibility index (Phi) is 5.78. The lowest BCUT2D eigenvalue weighted by molar-refractivity contribution is -0.134. The van der Waals surface area contributed by atoms with E-state index in [0.717, 1.165) is 32.1 Å². The van der Waals surface area contributed by atoms with E-state index in [1.54, 1.807) is 18.1 Å². The van der Waals surface area contributed by atoms with E-state index in [1.807, 2.05) is 23.9 Å². The van der Waals surface area contributed by atoms with Gasteiger partial charge in [0.1, 0.15) is 5.54 Å². The lowest BCUT2D eigenvalue weighted by Crippen LogP contribution is -2.53. The summed E-state index contributed by atoms with van der Waals surface area (Å²) in [6.45, 7) is 4.35. The Balaban J connectivity index is 1.89. The Morgan fingerprint density at radius 1 is 1.43 bits per heavy atom. The monoisotopic (exact) mass is 317 g/mol. The van der Waals surface area contributed by atoms with Crippen molar-refractivity contribution in [2.24, 2.45) is 0 Å². The largest absolute Gasteiger partial charge is 0.326 e. The summed E-state index contributed by atoms with van der Waals surface area (Å²) in [7, 11) is 1.76. The first kappa shape index (κ1) is 17.5. The van der Waals surface area contributed by atoms with Gasteiger partial charge in [0.25, 0.3) is 0 Å². The molecule has 23 heavy (non-hydrogen) atoms. The zero-order chi connectivity index (χ0) is 16.9. The second-order valence-corrected chi connectivity index (χ2v) is 6.55. The van der Waals surface area contributed by atoms with Crippen molar-refractivity contribution in [1.29, 1.82) is 5.26 Å². The van der Waals surface area contributed by atoms with Gasteiger partial charge in [-0.25, -0.2) is 0 Å². The molecule has 6 nitrogen and oxygen atoms in total. The van der Waals surface area contributed by atoms with Crippen molar-refractivity contribution in [2.45, 2.75) is 63.6 Å². The number of hydrogen-bond acceptors (Lipinski definition) is 4. The van der Waals surface area contributed by atoms with E-state index in [2.05, 4.69) is 23.4 Å². The zero-order valence-corrected chi connectivity index (χ0v) is 14.3. The van der Waals surface area contributed by atoms with Crippen LogP contribution in [0.25, 0.3) is 0 Å². The minimum Gasteiger partial charge on any atom is -0.326 e. The molecule has 0 aliphatic heterocycles. The number of nitrogens with zero attached hydrogens (tertiary/aromatic N) is 4. The Labute approximate surface area is 138 Å². The van der Waals surface area contributed by atoms with Crippen LogP contribution >= 0.6 is 0 Å². The maximum absolute atomic E-state index is 12.5. The number of nitriles is 1. The Hall–Kier alpha value is -1.87. The summed E-state index contributed by atoms with van der Waals surface area (Å²) >= 11 is 0. The van der Waals surface area contributed by atoms with E-state index < -0.39 is 5.54 Å². The van der Waals surface area contributed by atoms with Crippen LogP contribution in [0.5, 0.6) is 0 Å². The molecule has 1 aromatic heterocycles. The molecule has 0 aromatic carbocycles. The fraction of sp³-hybridized carbons (Fsp3) is 0.706. The smallest absolute Gasteiger partial charge is 0.237 e. The Bertz CT molecular complexity index is 542. The molecule has 1 N–H and O–H groups in total. The van der Waals surface area contributed by atoms with Crippen LogP contribution in [0.4, 0.5) is 0 Å². The SMILES string of the molecule is C[C@H]([C@@H](C)NCC(=O)N(C)C1(C#N)CCCCC1)n1cccn1. The van der Waals surface area contributed by atoms with E-state index >= 15 is 0 Å². The molecule has 6 heteroatoms. The van der Waals surface area contributed by atoms with Gasteiger partial charge >= 0.3 is 0 Å². The standard InChI is InChI=1S/C17H27N5O/c1-14(15(2)22-11-7-10-20-22)19-12-16(23)21(3)17(13-18)8-5-4-6-9-17/h7,10-11,14-15,19H,4-6,8-9,12H2,1-3H3/t14-,15-/m1/s1. The highest BCUT2D eigenvalue weighted by Crippen LogP contribution is 2.32. The van der Waals surface area contributed by atoms with Crippen molar-refractivity contribution in [3.8, 4) is 6.07 Å². The van der Waals surface area contributed by atoms with Gasteiger partial charge in [0, 0.05) is 25.5 Å². The average Bonchev–Trinajstić information content (AvgIpc) is 3.13. The number of nitrogens with one attached hydrogen (secondary N) is 1. The fourth-order valence-corrected chi connectivity index (χ4v) is 3.19. The molecule has 0 unspecified atom stereocenters. The van der Waals surface area contributed by atoms with Crippen LogP contribution in [0.3, 0.4) is 0 Å². The van der Waals surface area contributed by atoms with E-state index in [4.69, 9.17) is 0 Å². The second-order valence-electron chi connectivity index (χ2n) is 6.55. The van der Waals surface area contributed by atoms with E-state index in [-0.39, 0.29) is 24.5 Å². The molecule has 2 rings (SSSR count). The van der Waals surface area contributed by atoms with Crippen LogP contribution in [0, 0.1) is 11.3 Å². The van der Waals surface area contributed by atoms with Crippen molar-refractivity contribution in [2.75, 3.05) is 13.6 Å². The first-order valence-corrected chi connectivity index (χ1v) is 8.40. The summed E-state index contributed by atoms with van der Waals surface area (Å²) in [6.07, 6.45) is 8.43. The summed E-state index contributed by atoms with van der Waals surface area (Å²) in [4.78, 5) is 14.2. The van der Waals surface area contributed by atoms with Crippen molar-refractivity contribution in [3.05, 3.63) is 18.5 Å². The maximum Gasteiger partial charge on any atom is 0.237 e. The predicted molar refractivity (Wildman–Crippen MR) is 88.6 cm³/mol. The molecule has 1 saturated carbocycles. The van der Waals surface area contributed by atoms with Gasteiger partial charge in [-0.2, -0.15) is 10.4 Å². The summed E-state index contributed by atoms with van der Waals surface area (Å²) < 4.78 is 1.88. The van der Waals surface area contributed by atoms with Crippen molar-refractivity contribution < 1.29 is 4.79 Å². The fourth-order valence-electron chi connectivity index (χ4n) is 3.19. The van der Waals surface area contributed by atoms with Gasteiger partial charge in [0.2, 0.25) is 5.91 Å². The minimum atomic E-state index is -0.617. The zero-order valence-electron chi connectivity index (χ0n) is 14.3. The molecule has 1 aliphatic rings. The van der Waals surface area contributed by atoms with Crippen LogP contribution in [-0.4, -0.2) is 45.8 Å². The number of amides is 1. The third-order valence-corrected chi connectivity index (χ3v) is 5.15. The van der Waals surface area contributed by atoms with Gasteiger partial charge in [-0.15, -0.1) is 0 Å². The highest BCUT2D eigenvalue weighted by molar-refractivity contribution is 5.79. The molecule has 2 atom stereocenters. The van der Waals surface area contributed by atoms with E-state index in [0.29, 0.717) is 0 Å².